The number of aliphatic hydroxyl groups is 1. The Morgan fingerprint density at radius 3 is 2.74 bits per heavy atom. The molecule has 2 saturated heterocycles. The standard InChI is InChI=1S/C25H32N6O3/c1-16-5-2-3-11-30(16)25-28-20-14-26-24(34)22(20)23(29-25)27-18-9-7-17(8-10-18)13-21(33)31-12-4-6-19(31)15-32/h7-10,16,19,32H,2-6,11-15H2,1H3,(H,26,34)(H,27,28,29). The van der Waals surface area contributed by atoms with E-state index in [0.29, 0.717) is 42.9 Å². The lowest BCUT2D eigenvalue weighted by molar-refractivity contribution is -0.132. The fourth-order valence-corrected chi connectivity index (χ4v) is 5.20. The first kappa shape index (κ1) is 22.6. The molecular formula is C25H32N6O3. The Labute approximate surface area is 199 Å². The van der Waals surface area contributed by atoms with E-state index in [9.17, 15) is 14.7 Å². The van der Waals surface area contributed by atoms with Gasteiger partial charge in [0.2, 0.25) is 11.9 Å². The van der Waals surface area contributed by atoms with E-state index in [1.54, 1.807) is 4.90 Å². The molecule has 2 unspecified atom stereocenters. The van der Waals surface area contributed by atoms with Crippen molar-refractivity contribution >= 4 is 29.3 Å². The number of aliphatic hydroxyl groups excluding tert-OH is 1. The fraction of sp³-hybridized carbons (Fsp3) is 0.520. The second-order valence-corrected chi connectivity index (χ2v) is 9.48. The van der Waals surface area contributed by atoms with E-state index in [4.69, 9.17) is 9.97 Å². The van der Waals surface area contributed by atoms with Crippen molar-refractivity contribution in [1.29, 1.82) is 0 Å². The molecule has 180 valence electrons. The molecule has 1 aromatic heterocycles. The van der Waals surface area contributed by atoms with Crippen LogP contribution in [0.4, 0.5) is 17.5 Å². The summed E-state index contributed by atoms with van der Waals surface area (Å²) < 4.78 is 0. The first-order chi connectivity index (χ1) is 16.5. The third-order valence-electron chi connectivity index (χ3n) is 7.16. The molecule has 2 amide bonds. The molecule has 4 heterocycles. The number of rotatable bonds is 6. The van der Waals surface area contributed by atoms with Crippen molar-refractivity contribution in [3.05, 3.63) is 41.1 Å². The summed E-state index contributed by atoms with van der Waals surface area (Å²) in [4.78, 5) is 38.6. The highest BCUT2D eigenvalue weighted by Crippen LogP contribution is 2.30. The monoisotopic (exact) mass is 464 g/mol. The van der Waals surface area contributed by atoms with Crippen LogP contribution in [0.1, 0.15) is 60.6 Å². The van der Waals surface area contributed by atoms with Crippen LogP contribution in [0.2, 0.25) is 0 Å². The van der Waals surface area contributed by atoms with Gasteiger partial charge in [-0.15, -0.1) is 0 Å². The molecular weight excluding hydrogens is 432 g/mol. The van der Waals surface area contributed by atoms with Crippen molar-refractivity contribution in [2.24, 2.45) is 0 Å². The smallest absolute Gasteiger partial charge is 0.257 e. The zero-order valence-corrected chi connectivity index (χ0v) is 19.6. The first-order valence-electron chi connectivity index (χ1n) is 12.3. The van der Waals surface area contributed by atoms with Gasteiger partial charge in [-0.25, -0.2) is 4.98 Å². The summed E-state index contributed by atoms with van der Waals surface area (Å²) in [6.45, 7) is 4.24. The SMILES string of the molecule is CC1CCCCN1c1nc2c(c(Nc3ccc(CC(=O)N4CCCC4CO)cc3)n1)C(=O)NC2. The number of amides is 2. The van der Waals surface area contributed by atoms with Gasteiger partial charge in [-0.05, 0) is 56.7 Å². The van der Waals surface area contributed by atoms with Crippen LogP contribution < -0.4 is 15.5 Å². The van der Waals surface area contributed by atoms with Crippen molar-refractivity contribution in [1.82, 2.24) is 20.2 Å². The molecule has 2 atom stereocenters. The Morgan fingerprint density at radius 2 is 1.97 bits per heavy atom. The highest BCUT2D eigenvalue weighted by atomic mass is 16.3. The predicted octanol–water partition coefficient (Wildman–Crippen LogP) is 2.37. The van der Waals surface area contributed by atoms with Gasteiger partial charge in [0.25, 0.3) is 5.91 Å². The number of nitrogens with one attached hydrogen (secondary N) is 2. The quantitative estimate of drug-likeness (QED) is 0.602. The number of hydrogen-bond donors (Lipinski definition) is 3. The van der Waals surface area contributed by atoms with Crippen LogP contribution in [0.3, 0.4) is 0 Å². The van der Waals surface area contributed by atoms with E-state index in [2.05, 4.69) is 22.5 Å². The lowest BCUT2D eigenvalue weighted by Gasteiger charge is -2.33. The lowest BCUT2D eigenvalue weighted by Crippen LogP contribution is -2.38. The van der Waals surface area contributed by atoms with E-state index in [0.717, 1.165) is 49.2 Å². The summed E-state index contributed by atoms with van der Waals surface area (Å²) in [5.74, 6) is 1.06. The zero-order chi connectivity index (χ0) is 23.7. The number of carbonyl (C=O) groups excluding carboxylic acids is 2. The van der Waals surface area contributed by atoms with Gasteiger partial charge in [-0.1, -0.05) is 12.1 Å². The molecule has 9 heteroatoms. The van der Waals surface area contributed by atoms with Gasteiger partial charge in [0.15, 0.2) is 0 Å². The number of carbonyl (C=O) groups is 2. The largest absolute Gasteiger partial charge is 0.394 e. The van der Waals surface area contributed by atoms with Crippen LogP contribution in [-0.2, 0) is 17.8 Å². The van der Waals surface area contributed by atoms with Crippen LogP contribution in [0.15, 0.2) is 24.3 Å². The topological polar surface area (TPSA) is 111 Å². The van der Waals surface area contributed by atoms with Gasteiger partial charge in [-0.2, -0.15) is 4.98 Å². The van der Waals surface area contributed by atoms with Crippen molar-refractivity contribution in [2.45, 2.75) is 64.1 Å². The van der Waals surface area contributed by atoms with E-state index in [1.807, 2.05) is 24.3 Å². The number of aromatic nitrogens is 2. The minimum Gasteiger partial charge on any atom is -0.394 e. The van der Waals surface area contributed by atoms with E-state index in [1.165, 1.54) is 6.42 Å². The molecule has 0 aliphatic carbocycles. The second-order valence-electron chi connectivity index (χ2n) is 9.48. The van der Waals surface area contributed by atoms with Crippen molar-refractivity contribution in [3.8, 4) is 0 Å². The lowest BCUT2D eigenvalue weighted by atomic mass is 10.0. The summed E-state index contributed by atoms with van der Waals surface area (Å²) in [7, 11) is 0. The predicted molar refractivity (Wildman–Crippen MR) is 129 cm³/mol. The van der Waals surface area contributed by atoms with Gasteiger partial charge < -0.3 is 25.5 Å². The summed E-state index contributed by atoms with van der Waals surface area (Å²) in [5.41, 5.74) is 2.93. The van der Waals surface area contributed by atoms with E-state index in [-0.39, 0.29) is 24.5 Å². The first-order valence-corrected chi connectivity index (χ1v) is 12.3. The van der Waals surface area contributed by atoms with Crippen molar-refractivity contribution in [2.75, 3.05) is 29.9 Å². The summed E-state index contributed by atoms with van der Waals surface area (Å²) in [6.07, 6.45) is 5.54. The number of anilines is 3. The zero-order valence-electron chi connectivity index (χ0n) is 19.6. The number of hydrogen-bond acceptors (Lipinski definition) is 7. The molecule has 5 rings (SSSR count). The Bertz CT molecular complexity index is 1070. The molecule has 0 radical (unpaired) electrons. The minimum atomic E-state index is -0.165. The van der Waals surface area contributed by atoms with Crippen LogP contribution in [0.5, 0.6) is 0 Å². The molecule has 1 aromatic carbocycles. The van der Waals surface area contributed by atoms with Crippen molar-refractivity contribution < 1.29 is 14.7 Å². The number of piperidine rings is 1. The molecule has 3 N–H and O–H groups in total. The van der Waals surface area contributed by atoms with Crippen LogP contribution in [0.25, 0.3) is 0 Å². The number of fused-ring (bicyclic) bond motifs is 1. The van der Waals surface area contributed by atoms with Gasteiger partial charge in [0, 0.05) is 24.8 Å². The van der Waals surface area contributed by atoms with Gasteiger partial charge in [-0.3, -0.25) is 9.59 Å². The number of nitrogens with zero attached hydrogens (tertiary/aromatic N) is 4. The van der Waals surface area contributed by atoms with Crippen LogP contribution in [0, 0.1) is 0 Å². The van der Waals surface area contributed by atoms with Crippen LogP contribution >= 0.6 is 0 Å². The maximum absolute atomic E-state index is 12.7. The summed E-state index contributed by atoms with van der Waals surface area (Å²) in [6, 6.07) is 7.94. The van der Waals surface area contributed by atoms with Gasteiger partial charge in [0.05, 0.1) is 31.3 Å². The molecule has 0 saturated carbocycles. The third-order valence-corrected chi connectivity index (χ3v) is 7.16. The maximum atomic E-state index is 12.7. The van der Waals surface area contributed by atoms with Crippen LogP contribution in [-0.4, -0.2) is 63.6 Å². The fourth-order valence-electron chi connectivity index (χ4n) is 5.20. The van der Waals surface area contributed by atoms with E-state index >= 15 is 0 Å². The summed E-state index contributed by atoms with van der Waals surface area (Å²) in [5, 5.41) is 15.7. The number of likely N-dealkylation sites (tertiary alicyclic amines) is 1. The molecule has 9 nitrogen and oxygen atoms in total. The normalized spacial score (nSPS) is 22.0. The summed E-state index contributed by atoms with van der Waals surface area (Å²) >= 11 is 0. The molecule has 3 aliphatic rings. The molecule has 34 heavy (non-hydrogen) atoms. The molecule has 0 bridgehead atoms. The Kier molecular flexibility index (Phi) is 6.36. The molecule has 3 aliphatic heterocycles. The second kappa shape index (κ2) is 9.58. The van der Waals surface area contributed by atoms with Gasteiger partial charge >= 0.3 is 0 Å². The highest BCUT2D eigenvalue weighted by Gasteiger charge is 2.30. The molecule has 0 spiro atoms. The Morgan fingerprint density at radius 1 is 1.15 bits per heavy atom. The van der Waals surface area contributed by atoms with Crippen molar-refractivity contribution in [3.63, 3.8) is 0 Å². The molecule has 2 fully saturated rings. The third kappa shape index (κ3) is 4.44. The molecule has 2 aromatic rings. The highest BCUT2D eigenvalue weighted by molar-refractivity contribution is 6.02. The Hall–Kier alpha value is -3.20. The Balaban J connectivity index is 1.34. The average molecular weight is 465 g/mol. The van der Waals surface area contributed by atoms with Gasteiger partial charge in [0.1, 0.15) is 11.4 Å². The average Bonchev–Trinajstić information content (AvgIpc) is 3.47. The van der Waals surface area contributed by atoms with E-state index < -0.39 is 0 Å². The minimum absolute atomic E-state index is 0.0175. The maximum Gasteiger partial charge on any atom is 0.257 e. The number of benzene rings is 1.